The summed E-state index contributed by atoms with van der Waals surface area (Å²) in [4.78, 5) is 11.1. The van der Waals surface area contributed by atoms with Crippen LogP contribution in [0.3, 0.4) is 0 Å². The maximum Gasteiger partial charge on any atom is 0.0755 e. The van der Waals surface area contributed by atoms with Crippen LogP contribution in [0.1, 0.15) is 44.8 Å². The van der Waals surface area contributed by atoms with Crippen LogP contribution in [0.2, 0.25) is 0 Å². The summed E-state index contributed by atoms with van der Waals surface area (Å²) in [5.74, 6) is 0. The van der Waals surface area contributed by atoms with Crippen molar-refractivity contribution < 1.29 is 0 Å². The molecule has 0 amide bonds. The molecule has 1 N–H and O–H groups in total. The number of hydrogen-bond acceptors (Lipinski definition) is 4. The molecule has 0 aromatic carbocycles. The Hall–Kier alpha value is -1.00. The van der Waals surface area contributed by atoms with E-state index < -0.39 is 0 Å². The first kappa shape index (κ1) is 13.4. The van der Waals surface area contributed by atoms with Gasteiger partial charge in [-0.15, -0.1) is 0 Å². The van der Waals surface area contributed by atoms with Crippen LogP contribution < -0.4 is 5.32 Å². The Morgan fingerprint density at radius 2 is 2.39 bits per heavy atom. The van der Waals surface area contributed by atoms with Crippen molar-refractivity contribution in [3.05, 3.63) is 24.3 Å². The Balaban J connectivity index is 1.99. The van der Waals surface area contributed by atoms with Gasteiger partial charge < -0.3 is 5.32 Å². The highest BCUT2D eigenvalue weighted by Gasteiger charge is 2.22. The van der Waals surface area contributed by atoms with Crippen LogP contribution >= 0.6 is 0 Å². The second-order valence-corrected chi connectivity index (χ2v) is 5.09. The topological polar surface area (TPSA) is 41.0 Å². The van der Waals surface area contributed by atoms with Crippen molar-refractivity contribution in [1.29, 1.82) is 0 Å². The van der Waals surface area contributed by atoms with Gasteiger partial charge in [0.25, 0.3) is 0 Å². The van der Waals surface area contributed by atoms with Crippen molar-refractivity contribution in [2.75, 3.05) is 19.6 Å². The molecule has 0 saturated carbocycles. The quantitative estimate of drug-likeness (QED) is 0.836. The third-order valence-corrected chi connectivity index (χ3v) is 3.69. The van der Waals surface area contributed by atoms with Gasteiger partial charge in [0.1, 0.15) is 0 Å². The van der Waals surface area contributed by atoms with Gasteiger partial charge in [-0.2, -0.15) is 0 Å². The molecule has 2 unspecified atom stereocenters. The molecule has 1 fully saturated rings. The molecule has 0 bridgehead atoms. The van der Waals surface area contributed by atoms with Crippen LogP contribution in [0.25, 0.3) is 0 Å². The van der Waals surface area contributed by atoms with E-state index in [-0.39, 0.29) is 0 Å². The molecular formula is C14H24N4. The fourth-order valence-electron chi connectivity index (χ4n) is 2.64. The Labute approximate surface area is 110 Å². The standard InChI is InChI=1S/C14H24N4/c1-3-9-18(11-13-5-4-6-16-13)12(2)14-10-15-7-8-17-14/h7-8,10,12-13,16H,3-6,9,11H2,1-2H3. The summed E-state index contributed by atoms with van der Waals surface area (Å²) >= 11 is 0. The summed E-state index contributed by atoms with van der Waals surface area (Å²) < 4.78 is 0. The van der Waals surface area contributed by atoms with Crippen molar-refractivity contribution in [2.45, 2.75) is 45.2 Å². The van der Waals surface area contributed by atoms with Crippen molar-refractivity contribution in [1.82, 2.24) is 20.2 Å². The summed E-state index contributed by atoms with van der Waals surface area (Å²) in [6, 6.07) is 0.997. The monoisotopic (exact) mass is 248 g/mol. The van der Waals surface area contributed by atoms with Crippen LogP contribution in [0.5, 0.6) is 0 Å². The number of hydrogen-bond donors (Lipinski definition) is 1. The molecule has 1 aromatic rings. The van der Waals surface area contributed by atoms with Crippen LogP contribution in [-0.2, 0) is 0 Å². The largest absolute Gasteiger partial charge is 0.313 e. The Morgan fingerprint density at radius 3 is 3.00 bits per heavy atom. The Kier molecular flexibility index (Phi) is 5.08. The zero-order valence-corrected chi connectivity index (χ0v) is 11.5. The summed E-state index contributed by atoms with van der Waals surface area (Å²) in [6.07, 6.45) is 9.19. The molecule has 2 rings (SSSR count). The lowest BCUT2D eigenvalue weighted by atomic mass is 10.1. The number of nitrogens with one attached hydrogen (secondary N) is 1. The highest BCUT2D eigenvalue weighted by atomic mass is 15.2. The van der Waals surface area contributed by atoms with Crippen LogP contribution in [-0.4, -0.2) is 40.5 Å². The molecule has 4 heteroatoms. The number of nitrogens with zero attached hydrogens (tertiary/aromatic N) is 3. The minimum absolute atomic E-state index is 0.348. The maximum atomic E-state index is 4.43. The first-order chi connectivity index (χ1) is 8.81. The molecule has 2 atom stereocenters. The van der Waals surface area contributed by atoms with Crippen LogP contribution in [0.4, 0.5) is 0 Å². The molecular weight excluding hydrogens is 224 g/mol. The average Bonchev–Trinajstić information content (AvgIpc) is 2.91. The molecule has 2 heterocycles. The highest BCUT2D eigenvalue weighted by Crippen LogP contribution is 2.19. The minimum Gasteiger partial charge on any atom is -0.313 e. The SMILES string of the molecule is CCCN(CC1CCCN1)C(C)c1cnccn1. The Morgan fingerprint density at radius 1 is 1.50 bits per heavy atom. The van der Waals surface area contributed by atoms with E-state index in [0.717, 1.165) is 18.8 Å². The smallest absolute Gasteiger partial charge is 0.0755 e. The highest BCUT2D eigenvalue weighted by molar-refractivity contribution is 5.01. The van der Waals surface area contributed by atoms with E-state index in [4.69, 9.17) is 0 Å². The lowest BCUT2D eigenvalue weighted by molar-refractivity contribution is 0.189. The van der Waals surface area contributed by atoms with Gasteiger partial charge in [0.05, 0.1) is 11.7 Å². The van der Waals surface area contributed by atoms with E-state index in [9.17, 15) is 0 Å². The van der Waals surface area contributed by atoms with E-state index in [0.29, 0.717) is 12.1 Å². The first-order valence-electron chi connectivity index (χ1n) is 7.04. The lowest BCUT2D eigenvalue weighted by Gasteiger charge is -2.30. The third-order valence-electron chi connectivity index (χ3n) is 3.69. The summed E-state index contributed by atoms with van der Waals surface area (Å²) in [5.41, 5.74) is 1.07. The van der Waals surface area contributed by atoms with Gasteiger partial charge in [0.2, 0.25) is 0 Å². The van der Waals surface area contributed by atoms with Gasteiger partial charge in [-0.3, -0.25) is 14.9 Å². The summed E-state index contributed by atoms with van der Waals surface area (Å²) in [5, 5.41) is 3.57. The fourth-order valence-corrected chi connectivity index (χ4v) is 2.64. The number of aromatic nitrogens is 2. The van der Waals surface area contributed by atoms with E-state index in [1.165, 1.54) is 25.8 Å². The lowest BCUT2D eigenvalue weighted by Crippen LogP contribution is -2.39. The van der Waals surface area contributed by atoms with Crippen molar-refractivity contribution in [2.24, 2.45) is 0 Å². The van der Waals surface area contributed by atoms with Crippen LogP contribution in [0, 0.1) is 0 Å². The molecule has 1 aromatic heterocycles. The van der Waals surface area contributed by atoms with Crippen molar-refractivity contribution in [3.8, 4) is 0 Å². The third kappa shape index (κ3) is 3.50. The molecule has 0 spiro atoms. The minimum atomic E-state index is 0.348. The van der Waals surface area contributed by atoms with Gasteiger partial charge in [-0.1, -0.05) is 6.92 Å². The van der Waals surface area contributed by atoms with E-state index >= 15 is 0 Å². The average molecular weight is 248 g/mol. The van der Waals surface area contributed by atoms with Gasteiger partial charge >= 0.3 is 0 Å². The number of rotatable bonds is 6. The second kappa shape index (κ2) is 6.81. The molecule has 1 aliphatic heterocycles. The maximum absolute atomic E-state index is 4.43. The molecule has 1 saturated heterocycles. The van der Waals surface area contributed by atoms with Crippen molar-refractivity contribution in [3.63, 3.8) is 0 Å². The zero-order chi connectivity index (χ0) is 12.8. The molecule has 4 nitrogen and oxygen atoms in total. The fraction of sp³-hybridized carbons (Fsp3) is 0.714. The summed E-state index contributed by atoms with van der Waals surface area (Å²) in [7, 11) is 0. The molecule has 0 aliphatic carbocycles. The Bertz CT molecular complexity index is 335. The van der Waals surface area contributed by atoms with Gasteiger partial charge in [-0.25, -0.2) is 0 Å². The molecule has 1 aliphatic rings. The first-order valence-corrected chi connectivity index (χ1v) is 7.04. The van der Waals surface area contributed by atoms with Gasteiger partial charge in [0.15, 0.2) is 0 Å². The molecule has 18 heavy (non-hydrogen) atoms. The molecule has 100 valence electrons. The van der Waals surface area contributed by atoms with Gasteiger partial charge in [-0.05, 0) is 39.3 Å². The van der Waals surface area contributed by atoms with Gasteiger partial charge in [0, 0.05) is 31.2 Å². The summed E-state index contributed by atoms with van der Waals surface area (Å²) in [6.45, 7) is 7.87. The van der Waals surface area contributed by atoms with Crippen LogP contribution in [0.15, 0.2) is 18.6 Å². The predicted octanol–water partition coefficient (Wildman–Crippen LogP) is 2.00. The van der Waals surface area contributed by atoms with E-state index in [1.54, 1.807) is 12.4 Å². The predicted molar refractivity (Wildman–Crippen MR) is 73.3 cm³/mol. The van der Waals surface area contributed by atoms with E-state index in [1.807, 2.05) is 6.20 Å². The van der Waals surface area contributed by atoms with Crippen molar-refractivity contribution >= 4 is 0 Å². The second-order valence-electron chi connectivity index (χ2n) is 5.09. The van der Waals surface area contributed by atoms with E-state index in [2.05, 4.69) is 34.0 Å². The zero-order valence-electron chi connectivity index (χ0n) is 11.5. The normalized spacial score (nSPS) is 21.4. The molecule has 0 radical (unpaired) electrons.